The first-order valence-corrected chi connectivity index (χ1v) is 7.08. The fourth-order valence-electron chi connectivity index (χ4n) is 2.65. The van der Waals surface area contributed by atoms with Gasteiger partial charge in [0.05, 0.1) is 12.1 Å². The molecular formula is C14H15N7O. The summed E-state index contributed by atoms with van der Waals surface area (Å²) in [6.07, 6.45) is 3.30. The molecule has 1 N–H and O–H groups in total. The van der Waals surface area contributed by atoms with Crippen LogP contribution in [0.15, 0.2) is 23.3 Å². The Bertz CT molecular complexity index is 907. The summed E-state index contributed by atoms with van der Waals surface area (Å²) in [4.78, 5) is 30.2. The van der Waals surface area contributed by atoms with Gasteiger partial charge in [-0.2, -0.15) is 5.10 Å². The van der Waals surface area contributed by atoms with E-state index in [-0.39, 0.29) is 11.5 Å². The predicted molar refractivity (Wildman–Crippen MR) is 80.9 cm³/mol. The molecule has 0 bridgehead atoms. The SMILES string of the molecule is Cc1ccnc(N2CC(c3nc4c(cnn4C)c(=O)[nH]3)C2)n1. The zero-order valence-corrected chi connectivity index (χ0v) is 12.3. The first kappa shape index (κ1) is 12.9. The van der Waals surface area contributed by atoms with Crippen LogP contribution < -0.4 is 10.5 Å². The van der Waals surface area contributed by atoms with Crippen LogP contribution in [0.1, 0.15) is 17.4 Å². The van der Waals surface area contributed by atoms with Crippen LogP contribution in [0.25, 0.3) is 11.0 Å². The fourth-order valence-corrected chi connectivity index (χ4v) is 2.65. The van der Waals surface area contributed by atoms with Crippen LogP contribution in [-0.2, 0) is 7.05 Å². The molecule has 22 heavy (non-hydrogen) atoms. The number of aromatic nitrogens is 6. The molecule has 3 aromatic heterocycles. The van der Waals surface area contributed by atoms with E-state index in [0.29, 0.717) is 16.9 Å². The maximum absolute atomic E-state index is 12.1. The summed E-state index contributed by atoms with van der Waals surface area (Å²) in [5, 5.41) is 4.59. The van der Waals surface area contributed by atoms with Crippen LogP contribution in [-0.4, -0.2) is 42.8 Å². The normalized spacial score (nSPS) is 15.3. The number of nitrogens with one attached hydrogen (secondary N) is 1. The first-order valence-electron chi connectivity index (χ1n) is 7.08. The van der Waals surface area contributed by atoms with Crippen LogP contribution in [0.4, 0.5) is 5.95 Å². The van der Waals surface area contributed by atoms with E-state index in [2.05, 4.69) is 29.9 Å². The molecule has 0 saturated carbocycles. The number of rotatable bonds is 2. The summed E-state index contributed by atoms with van der Waals surface area (Å²) >= 11 is 0. The third kappa shape index (κ3) is 1.95. The average molecular weight is 297 g/mol. The maximum atomic E-state index is 12.1. The van der Waals surface area contributed by atoms with Crippen LogP contribution in [0.5, 0.6) is 0 Å². The van der Waals surface area contributed by atoms with E-state index in [9.17, 15) is 4.79 Å². The Kier molecular flexibility index (Phi) is 2.72. The molecule has 0 aromatic carbocycles. The van der Waals surface area contributed by atoms with Gasteiger partial charge in [0.1, 0.15) is 11.2 Å². The van der Waals surface area contributed by atoms with E-state index >= 15 is 0 Å². The Labute approximate surface area is 125 Å². The molecule has 1 saturated heterocycles. The van der Waals surface area contributed by atoms with Crippen molar-refractivity contribution in [2.75, 3.05) is 18.0 Å². The van der Waals surface area contributed by atoms with Gasteiger partial charge >= 0.3 is 0 Å². The molecule has 0 spiro atoms. The van der Waals surface area contributed by atoms with Gasteiger partial charge in [-0.1, -0.05) is 0 Å². The fraction of sp³-hybridized carbons (Fsp3) is 0.357. The number of anilines is 1. The summed E-state index contributed by atoms with van der Waals surface area (Å²) in [6.45, 7) is 3.43. The van der Waals surface area contributed by atoms with Crippen LogP contribution in [0.3, 0.4) is 0 Å². The lowest BCUT2D eigenvalue weighted by atomic mass is 10.00. The van der Waals surface area contributed by atoms with Gasteiger partial charge in [0.15, 0.2) is 5.65 Å². The summed E-state index contributed by atoms with van der Waals surface area (Å²) in [5.41, 5.74) is 1.42. The van der Waals surface area contributed by atoms with Crippen molar-refractivity contribution in [2.24, 2.45) is 7.05 Å². The molecule has 4 rings (SSSR count). The quantitative estimate of drug-likeness (QED) is 0.734. The van der Waals surface area contributed by atoms with Gasteiger partial charge in [-0.3, -0.25) is 9.48 Å². The van der Waals surface area contributed by atoms with Gasteiger partial charge in [-0.15, -0.1) is 0 Å². The molecule has 0 aliphatic carbocycles. The Morgan fingerprint density at radius 2 is 2.14 bits per heavy atom. The highest BCUT2D eigenvalue weighted by atomic mass is 16.1. The van der Waals surface area contributed by atoms with Gasteiger partial charge in [0.25, 0.3) is 5.56 Å². The van der Waals surface area contributed by atoms with Gasteiger partial charge in [0.2, 0.25) is 5.95 Å². The molecule has 1 aliphatic rings. The molecule has 112 valence electrons. The Morgan fingerprint density at radius 3 is 2.91 bits per heavy atom. The van der Waals surface area contributed by atoms with Crippen LogP contribution in [0, 0.1) is 6.92 Å². The zero-order valence-electron chi connectivity index (χ0n) is 12.3. The standard InChI is InChI=1S/C14H15N7O/c1-8-3-4-15-14(17-8)21-6-9(7-21)11-18-12-10(13(22)19-11)5-16-20(12)2/h3-5,9H,6-7H2,1-2H3,(H,18,19,22). The monoisotopic (exact) mass is 297 g/mol. The van der Waals surface area contributed by atoms with Crippen LogP contribution in [0.2, 0.25) is 0 Å². The number of aryl methyl sites for hydroxylation is 2. The molecule has 4 heterocycles. The molecule has 1 aliphatic heterocycles. The number of H-pyrrole nitrogens is 1. The minimum absolute atomic E-state index is 0.140. The van der Waals surface area contributed by atoms with E-state index in [1.807, 2.05) is 13.0 Å². The first-order chi connectivity index (χ1) is 10.6. The van der Waals surface area contributed by atoms with Crippen molar-refractivity contribution < 1.29 is 0 Å². The van der Waals surface area contributed by atoms with Gasteiger partial charge < -0.3 is 9.88 Å². The summed E-state index contributed by atoms with van der Waals surface area (Å²) in [7, 11) is 1.78. The zero-order chi connectivity index (χ0) is 15.3. The molecule has 0 unspecified atom stereocenters. The van der Waals surface area contributed by atoms with Crippen molar-refractivity contribution in [1.82, 2.24) is 29.7 Å². The maximum Gasteiger partial charge on any atom is 0.262 e. The number of hydrogen-bond acceptors (Lipinski definition) is 6. The Hall–Kier alpha value is -2.77. The molecule has 0 radical (unpaired) electrons. The van der Waals surface area contributed by atoms with Crippen molar-refractivity contribution in [3.63, 3.8) is 0 Å². The van der Waals surface area contributed by atoms with Crippen molar-refractivity contribution >= 4 is 17.0 Å². The smallest absolute Gasteiger partial charge is 0.262 e. The van der Waals surface area contributed by atoms with E-state index in [4.69, 9.17) is 0 Å². The van der Waals surface area contributed by atoms with Crippen LogP contribution >= 0.6 is 0 Å². The molecule has 0 atom stereocenters. The van der Waals surface area contributed by atoms with Crippen molar-refractivity contribution in [1.29, 1.82) is 0 Å². The van der Waals surface area contributed by atoms with E-state index in [0.717, 1.165) is 24.7 Å². The highest BCUT2D eigenvalue weighted by molar-refractivity contribution is 5.73. The average Bonchev–Trinajstić information content (AvgIpc) is 2.80. The third-order valence-electron chi connectivity index (χ3n) is 3.95. The minimum Gasteiger partial charge on any atom is -0.339 e. The number of hydrogen-bond donors (Lipinski definition) is 1. The molecule has 3 aromatic rings. The van der Waals surface area contributed by atoms with Crippen molar-refractivity contribution in [3.05, 3.63) is 40.3 Å². The number of aromatic amines is 1. The second-order valence-corrected chi connectivity index (χ2v) is 5.56. The Morgan fingerprint density at radius 1 is 1.32 bits per heavy atom. The lowest BCUT2D eigenvalue weighted by molar-refractivity contribution is 0.490. The predicted octanol–water partition coefficient (Wildman–Crippen LogP) is 0.359. The van der Waals surface area contributed by atoms with E-state index in [1.54, 1.807) is 24.1 Å². The van der Waals surface area contributed by atoms with E-state index < -0.39 is 0 Å². The highest BCUT2D eigenvalue weighted by Gasteiger charge is 2.32. The molecule has 1 fully saturated rings. The topological polar surface area (TPSA) is 92.6 Å². The highest BCUT2D eigenvalue weighted by Crippen LogP contribution is 2.27. The van der Waals surface area contributed by atoms with E-state index in [1.165, 1.54) is 0 Å². The third-order valence-corrected chi connectivity index (χ3v) is 3.95. The number of nitrogens with zero attached hydrogens (tertiary/aromatic N) is 6. The molecular weight excluding hydrogens is 282 g/mol. The number of fused-ring (bicyclic) bond motifs is 1. The lowest BCUT2D eigenvalue weighted by Gasteiger charge is -2.38. The van der Waals surface area contributed by atoms with Gasteiger partial charge in [0, 0.05) is 32.0 Å². The second-order valence-electron chi connectivity index (χ2n) is 5.56. The van der Waals surface area contributed by atoms with Gasteiger partial charge in [-0.05, 0) is 13.0 Å². The molecule has 8 heteroatoms. The molecule has 0 amide bonds. The summed E-state index contributed by atoms with van der Waals surface area (Å²) in [6, 6.07) is 1.87. The minimum atomic E-state index is -0.140. The summed E-state index contributed by atoms with van der Waals surface area (Å²) < 4.78 is 1.62. The largest absolute Gasteiger partial charge is 0.339 e. The van der Waals surface area contributed by atoms with Crippen molar-refractivity contribution in [3.8, 4) is 0 Å². The molecule has 8 nitrogen and oxygen atoms in total. The lowest BCUT2D eigenvalue weighted by Crippen LogP contribution is -2.47. The Balaban J connectivity index is 1.60. The second kappa shape index (κ2) is 4.62. The summed E-state index contributed by atoms with van der Waals surface area (Å²) in [5.74, 6) is 1.60. The van der Waals surface area contributed by atoms with Gasteiger partial charge in [-0.25, -0.2) is 15.0 Å². The van der Waals surface area contributed by atoms with Crippen molar-refractivity contribution in [2.45, 2.75) is 12.8 Å².